The second-order valence-electron chi connectivity index (χ2n) is 6.13. The number of hydrogen-bond donors (Lipinski definition) is 1. The fourth-order valence-electron chi connectivity index (χ4n) is 2.85. The highest BCUT2D eigenvalue weighted by Crippen LogP contribution is 2.20. The Morgan fingerprint density at radius 2 is 2.05 bits per heavy atom. The highest BCUT2D eigenvalue weighted by Gasteiger charge is 2.14. The number of halogens is 1. The third-order valence-corrected chi connectivity index (χ3v) is 4.40. The number of likely N-dealkylation sites (tertiary alicyclic amines) is 1. The molecular weight excluding hydrogens is 265 g/mol. The summed E-state index contributed by atoms with van der Waals surface area (Å²) in [5.41, 5.74) is 7.60. The van der Waals surface area contributed by atoms with E-state index in [2.05, 4.69) is 11.8 Å². The Hall–Kier alpha value is -1.13. The first-order valence-corrected chi connectivity index (χ1v) is 8.07. The first-order chi connectivity index (χ1) is 10.1. The lowest BCUT2D eigenvalue weighted by Gasteiger charge is -2.24. The summed E-state index contributed by atoms with van der Waals surface area (Å²) < 4.78 is 14.3. The topological polar surface area (TPSA) is 32.5 Å². The normalized spacial score (nSPS) is 17.1. The second kappa shape index (κ2) is 7.76. The number of nitrogens with zero attached hydrogens (tertiary/aromatic N) is 2. The Morgan fingerprint density at radius 3 is 2.67 bits per heavy atom. The van der Waals surface area contributed by atoms with Gasteiger partial charge in [0.05, 0.1) is 5.69 Å². The molecule has 4 heteroatoms. The molecule has 0 radical (unpaired) electrons. The lowest BCUT2D eigenvalue weighted by Crippen LogP contribution is -2.31. The Balaban J connectivity index is 1.92. The van der Waals surface area contributed by atoms with Crippen LogP contribution in [0, 0.1) is 5.82 Å². The Bertz CT molecular complexity index is 444. The Labute approximate surface area is 127 Å². The minimum Gasteiger partial charge on any atom is -0.371 e. The number of likely N-dealkylation sites (N-methyl/N-ethyl adjacent to an activating group) is 1. The van der Waals surface area contributed by atoms with Crippen LogP contribution in [0.15, 0.2) is 18.2 Å². The van der Waals surface area contributed by atoms with Crippen LogP contribution in [0.2, 0.25) is 0 Å². The number of hydrogen-bond acceptors (Lipinski definition) is 3. The van der Waals surface area contributed by atoms with Crippen LogP contribution in [0.4, 0.5) is 10.1 Å². The lowest BCUT2D eigenvalue weighted by atomic mass is 10.0. The monoisotopic (exact) mass is 293 g/mol. The van der Waals surface area contributed by atoms with Crippen LogP contribution < -0.4 is 10.6 Å². The second-order valence-corrected chi connectivity index (χ2v) is 6.13. The highest BCUT2D eigenvalue weighted by molar-refractivity contribution is 5.48. The van der Waals surface area contributed by atoms with Gasteiger partial charge in [-0.05, 0) is 56.5 Å². The average Bonchev–Trinajstić information content (AvgIpc) is 2.98. The molecule has 2 N–H and O–H groups in total. The summed E-state index contributed by atoms with van der Waals surface area (Å²) in [4.78, 5) is 4.46. The molecule has 1 unspecified atom stereocenters. The van der Waals surface area contributed by atoms with E-state index in [1.54, 1.807) is 6.07 Å². The van der Waals surface area contributed by atoms with Crippen molar-refractivity contribution in [2.45, 2.75) is 38.6 Å². The van der Waals surface area contributed by atoms with Gasteiger partial charge in [0.1, 0.15) is 5.82 Å². The molecule has 0 saturated carbocycles. The molecule has 1 aliphatic rings. The van der Waals surface area contributed by atoms with Crippen LogP contribution in [0.1, 0.15) is 31.7 Å². The maximum Gasteiger partial charge on any atom is 0.146 e. The van der Waals surface area contributed by atoms with Crippen LogP contribution in [0.25, 0.3) is 0 Å². The Morgan fingerprint density at radius 1 is 1.33 bits per heavy atom. The van der Waals surface area contributed by atoms with Gasteiger partial charge in [-0.1, -0.05) is 13.0 Å². The molecule has 2 rings (SSSR count). The van der Waals surface area contributed by atoms with Gasteiger partial charge in [-0.3, -0.25) is 0 Å². The molecule has 0 bridgehead atoms. The molecule has 3 nitrogen and oxygen atoms in total. The molecule has 1 heterocycles. The molecule has 1 aliphatic heterocycles. The summed E-state index contributed by atoms with van der Waals surface area (Å²) in [6.07, 6.45) is 4.25. The zero-order valence-corrected chi connectivity index (χ0v) is 13.3. The molecule has 1 saturated heterocycles. The van der Waals surface area contributed by atoms with E-state index < -0.39 is 0 Å². The average molecular weight is 293 g/mol. The van der Waals surface area contributed by atoms with Gasteiger partial charge in [0.2, 0.25) is 0 Å². The van der Waals surface area contributed by atoms with E-state index in [9.17, 15) is 4.39 Å². The van der Waals surface area contributed by atoms with Crippen LogP contribution in [0.5, 0.6) is 0 Å². The number of nitrogens with two attached hydrogens (primary N) is 1. The van der Waals surface area contributed by atoms with Gasteiger partial charge in [0.25, 0.3) is 0 Å². The smallest absolute Gasteiger partial charge is 0.146 e. The van der Waals surface area contributed by atoms with Gasteiger partial charge in [0.15, 0.2) is 0 Å². The minimum absolute atomic E-state index is 0.114. The summed E-state index contributed by atoms with van der Waals surface area (Å²) in [6, 6.07) is 5.64. The quantitative estimate of drug-likeness (QED) is 0.839. The first-order valence-electron chi connectivity index (χ1n) is 8.07. The molecule has 0 spiro atoms. The van der Waals surface area contributed by atoms with Crippen molar-refractivity contribution in [3.8, 4) is 0 Å². The van der Waals surface area contributed by atoms with Gasteiger partial charge >= 0.3 is 0 Å². The lowest BCUT2D eigenvalue weighted by molar-refractivity contribution is 0.346. The van der Waals surface area contributed by atoms with Gasteiger partial charge in [-0.2, -0.15) is 0 Å². The third-order valence-electron chi connectivity index (χ3n) is 4.40. The molecule has 1 fully saturated rings. The molecule has 118 valence electrons. The predicted molar refractivity (Wildman–Crippen MR) is 87.3 cm³/mol. The van der Waals surface area contributed by atoms with Crippen molar-refractivity contribution < 1.29 is 4.39 Å². The van der Waals surface area contributed by atoms with Crippen molar-refractivity contribution in [1.29, 1.82) is 0 Å². The molecule has 1 atom stereocenters. The summed E-state index contributed by atoms with van der Waals surface area (Å²) in [5.74, 6) is -0.139. The molecule has 0 aromatic heterocycles. The van der Waals surface area contributed by atoms with Crippen LogP contribution >= 0.6 is 0 Å². The summed E-state index contributed by atoms with van der Waals surface area (Å²) in [7, 11) is 1.96. The number of benzene rings is 1. The van der Waals surface area contributed by atoms with Crippen molar-refractivity contribution in [3.63, 3.8) is 0 Å². The van der Waals surface area contributed by atoms with E-state index in [-0.39, 0.29) is 11.9 Å². The number of anilines is 1. The van der Waals surface area contributed by atoms with Gasteiger partial charge < -0.3 is 15.5 Å². The van der Waals surface area contributed by atoms with Crippen molar-refractivity contribution in [2.75, 3.05) is 38.1 Å². The maximum atomic E-state index is 14.3. The van der Waals surface area contributed by atoms with Crippen molar-refractivity contribution >= 4 is 5.69 Å². The van der Waals surface area contributed by atoms with Crippen molar-refractivity contribution in [3.05, 3.63) is 29.6 Å². The molecule has 1 aromatic rings. The third kappa shape index (κ3) is 4.68. The fraction of sp³-hybridized carbons (Fsp3) is 0.647. The van der Waals surface area contributed by atoms with Crippen molar-refractivity contribution in [2.24, 2.45) is 5.73 Å². The number of rotatable bonds is 7. The highest BCUT2D eigenvalue weighted by atomic mass is 19.1. The van der Waals surface area contributed by atoms with Gasteiger partial charge in [0, 0.05) is 26.2 Å². The Kier molecular flexibility index (Phi) is 6.00. The van der Waals surface area contributed by atoms with E-state index in [1.165, 1.54) is 25.9 Å². The summed E-state index contributed by atoms with van der Waals surface area (Å²) in [5, 5.41) is 0. The van der Waals surface area contributed by atoms with Crippen LogP contribution in [0.3, 0.4) is 0 Å². The van der Waals surface area contributed by atoms with E-state index in [1.807, 2.05) is 24.1 Å². The zero-order chi connectivity index (χ0) is 15.2. The standard InChI is InChI=1S/C17H28FN3/c1-3-15(19)12-14-6-7-17(16(18)13-14)20(2)10-11-21-8-4-5-9-21/h6-7,13,15H,3-5,8-12,19H2,1-2H3. The molecule has 0 amide bonds. The largest absolute Gasteiger partial charge is 0.371 e. The summed E-state index contributed by atoms with van der Waals surface area (Å²) in [6.45, 7) is 6.30. The predicted octanol–water partition coefficient (Wildman–Crippen LogP) is 2.64. The summed E-state index contributed by atoms with van der Waals surface area (Å²) >= 11 is 0. The zero-order valence-electron chi connectivity index (χ0n) is 13.3. The SMILES string of the molecule is CCC(N)Cc1ccc(N(C)CCN2CCCC2)c(F)c1. The van der Waals surface area contributed by atoms with E-state index >= 15 is 0 Å². The molecule has 21 heavy (non-hydrogen) atoms. The van der Waals surface area contributed by atoms with Crippen LogP contribution in [-0.2, 0) is 6.42 Å². The van der Waals surface area contributed by atoms with Gasteiger partial charge in [-0.15, -0.1) is 0 Å². The van der Waals surface area contributed by atoms with Gasteiger partial charge in [-0.25, -0.2) is 4.39 Å². The molecule has 0 aliphatic carbocycles. The van der Waals surface area contributed by atoms with Crippen molar-refractivity contribution in [1.82, 2.24) is 4.90 Å². The van der Waals surface area contributed by atoms with E-state index in [0.29, 0.717) is 5.69 Å². The van der Waals surface area contributed by atoms with Crippen LogP contribution in [-0.4, -0.2) is 44.2 Å². The maximum absolute atomic E-state index is 14.3. The minimum atomic E-state index is -0.139. The molecule has 1 aromatic carbocycles. The first kappa shape index (κ1) is 16.2. The van der Waals surface area contributed by atoms with E-state index in [4.69, 9.17) is 5.73 Å². The molecular formula is C17H28FN3. The van der Waals surface area contributed by atoms with E-state index in [0.717, 1.165) is 31.5 Å². The fourth-order valence-corrected chi connectivity index (χ4v) is 2.85.